The van der Waals surface area contributed by atoms with E-state index in [4.69, 9.17) is 4.74 Å². The average Bonchev–Trinajstić information content (AvgIpc) is 3.06. The number of ether oxygens (including phenoxy) is 1. The molecular weight excluding hydrogens is 408 g/mol. The van der Waals surface area contributed by atoms with Gasteiger partial charge in [0.25, 0.3) is 0 Å². The lowest BCUT2D eigenvalue weighted by molar-refractivity contribution is -0.138. The number of hydrogen-bond acceptors (Lipinski definition) is 6. The van der Waals surface area contributed by atoms with Crippen LogP contribution < -0.4 is 4.90 Å². The maximum atomic E-state index is 12.5. The van der Waals surface area contributed by atoms with Gasteiger partial charge in [-0.1, -0.05) is 41.6 Å². The topological polar surface area (TPSA) is 62.1 Å². The molecule has 0 fully saturated rings. The first-order valence-electron chi connectivity index (χ1n) is 10.5. The normalized spacial score (nSPS) is 16.3. The number of carbonyl (C=O) groups excluding carboxylic acids is 1. The Morgan fingerprint density at radius 3 is 2.29 bits per heavy atom. The number of thioether (sulfide) groups is 1. The highest BCUT2D eigenvalue weighted by Crippen LogP contribution is 2.40. The summed E-state index contributed by atoms with van der Waals surface area (Å²) >= 11 is 1.27. The van der Waals surface area contributed by atoms with Crippen molar-refractivity contribution in [3.63, 3.8) is 0 Å². The molecule has 162 valence electrons. The first kappa shape index (κ1) is 22.7. The number of aryl methyl sites for hydroxylation is 1. The Morgan fingerprint density at radius 1 is 1.06 bits per heavy atom. The molecule has 0 amide bonds. The van der Waals surface area contributed by atoms with Crippen LogP contribution in [0.3, 0.4) is 0 Å². The predicted octanol–water partition coefficient (Wildman–Crippen LogP) is 6.03. The predicted molar refractivity (Wildman–Crippen MR) is 130 cm³/mol. The fraction of sp³-hybridized carbons (Fsp3) is 0.280. The Kier molecular flexibility index (Phi) is 7.58. The van der Waals surface area contributed by atoms with Crippen molar-refractivity contribution in [2.24, 2.45) is 4.99 Å². The molecule has 0 unspecified atom stereocenters. The van der Waals surface area contributed by atoms with Crippen molar-refractivity contribution in [1.29, 1.82) is 0 Å². The molecule has 1 N–H and O–H groups in total. The largest absolute Gasteiger partial charge is 0.506 e. The Hall–Kier alpha value is -2.99. The number of benzene rings is 2. The lowest BCUT2D eigenvalue weighted by atomic mass is 10.1. The van der Waals surface area contributed by atoms with Gasteiger partial charge in [0, 0.05) is 18.8 Å². The fourth-order valence-electron chi connectivity index (χ4n) is 3.25. The third kappa shape index (κ3) is 5.39. The first-order valence-corrected chi connectivity index (χ1v) is 11.3. The van der Waals surface area contributed by atoms with Crippen LogP contribution in [0.15, 0.2) is 69.8 Å². The third-order valence-electron chi connectivity index (χ3n) is 4.95. The standard InChI is InChI=1S/C25H28N2O3S/c1-5-27(6-2)20-14-10-18(11-15-20)16-21-23(28)22(25(29)30-7-3)24(31-21)26-19-12-8-17(4)9-13-19/h8-16,28H,5-7H2,1-4H3. The fourth-order valence-corrected chi connectivity index (χ4v) is 4.29. The highest BCUT2D eigenvalue weighted by molar-refractivity contribution is 8.18. The van der Waals surface area contributed by atoms with E-state index in [1.54, 1.807) is 6.92 Å². The van der Waals surface area contributed by atoms with Gasteiger partial charge in [-0.05, 0) is 63.6 Å². The van der Waals surface area contributed by atoms with Gasteiger partial charge in [-0.15, -0.1) is 0 Å². The second-order valence-corrected chi connectivity index (χ2v) is 8.10. The molecule has 1 heterocycles. The van der Waals surface area contributed by atoms with Crippen LogP contribution in [0.5, 0.6) is 0 Å². The quantitative estimate of drug-likeness (QED) is 0.537. The van der Waals surface area contributed by atoms with Crippen LogP contribution in [-0.4, -0.2) is 35.8 Å². The minimum atomic E-state index is -0.571. The Morgan fingerprint density at radius 2 is 1.71 bits per heavy atom. The van der Waals surface area contributed by atoms with Crippen LogP contribution in [0, 0.1) is 6.92 Å². The van der Waals surface area contributed by atoms with E-state index >= 15 is 0 Å². The van der Waals surface area contributed by atoms with Crippen LogP contribution in [0.1, 0.15) is 31.9 Å². The molecule has 0 radical (unpaired) electrons. The van der Waals surface area contributed by atoms with Crippen LogP contribution in [0.2, 0.25) is 0 Å². The van der Waals surface area contributed by atoms with Gasteiger partial charge in [0.2, 0.25) is 0 Å². The van der Waals surface area contributed by atoms with Gasteiger partial charge in [0.15, 0.2) is 0 Å². The zero-order valence-electron chi connectivity index (χ0n) is 18.4. The van der Waals surface area contributed by atoms with Crippen molar-refractivity contribution < 1.29 is 14.6 Å². The molecule has 31 heavy (non-hydrogen) atoms. The molecule has 0 aromatic heterocycles. The summed E-state index contributed by atoms with van der Waals surface area (Å²) in [6.45, 7) is 10.1. The molecule has 1 aliphatic heterocycles. The van der Waals surface area contributed by atoms with Crippen molar-refractivity contribution in [1.82, 2.24) is 0 Å². The lowest BCUT2D eigenvalue weighted by Crippen LogP contribution is -2.21. The molecular formula is C25H28N2O3S. The SMILES string of the molecule is CCOC(=O)C1=C(O)C(=Cc2ccc(N(CC)CC)cc2)SC1=Nc1ccc(C)cc1. The number of rotatable bonds is 7. The van der Waals surface area contributed by atoms with Crippen LogP contribution >= 0.6 is 11.8 Å². The maximum Gasteiger partial charge on any atom is 0.344 e. The number of esters is 1. The summed E-state index contributed by atoms with van der Waals surface area (Å²) in [6.07, 6.45) is 1.86. The molecule has 2 aromatic rings. The Balaban J connectivity index is 1.95. The minimum absolute atomic E-state index is 0.0952. The van der Waals surface area contributed by atoms with E-state index in [1.807, 2.05) is 49.4 Å². The van der Waals surface area contributed by atoms with Gasteiger partial charge in [-0.25, -0.2) is 9.79 Å². The number of nitrogens with zero attached hydrogens (tertiary/aromatic N) is 2. The molecule has 6 heteroatoms. The summed E-state index contributed by atoms with van der Waals surface area (Å²) < 4.78 is 5.16. The average molecular weight is 437 g/mol. The second kappa shape index (κ2) is 10.4. The smallest absolute Gasteiger partial charge is 0.344 e. The van der Waals surface area contributed by atoms with Crippen molar-refractivity contribution in [2.45, 2.75) is 27.7 Å². The number of aliphatic hydroxyl groups is 1. The molecule has 5 nitrogen and oxygen atoms in total. The number of aliphatic hydroxyl groups excluding tert-OH is 1. The van der Waals surface area contributed by atoms with Gasteiger partial charge >= 0.3 is 5.97 Å². The van der Waals surface area contributed by atoms with E-state index in [0.29, 0.717) is 15.6 Å². The summed E-state index contributed by atoms with van der Waals surface area (Å²) in [6, 6.07) is 15.8. The number of hydrogen-bond donors (Lipinski definition) is 1. The van der Waals surface area contributed by atoms with Crippen molar-refractivity contribution in [3.8, 4) is 0 Å². The number of aliphatic imine (C=N–C) groups is 1. The van der Waals surface area contributed by atoms with E-state index in [9.17, 15) is 9.90 Å². The third-order valence-corrected chi connectivity index (χ3v) is 5.97. The lowest BCUT2D eigenvalue weighted by Gasteiger charge is -2.20. The van der Waals surface area contributed by atoms with Crippen molar-refractivity contribution >= 4 is 40.2 Å². The van der Waals surface area contributed by atoms with E-state index in [0.717, 1.165) is 29.9 Å². The summed E-state index contributed by atoms with van der Waals surface area (Å²) in [7, 11) is 0. The second-order valence-electron chi connectivity index (χ2n) is 7.07. The van der Waals surface area contributed by atoms with Crippen LogP contribution in [-0.2, 0) is 9.53 Å². The summed E-state index contributed by atoms with van der Waals surface area (Å²) in [5.74, 6) is -0.666. The Bertz CT molecular complexity index is 1020. The molecule has 0 saturated heterocycles. The summed E-state index contributed by atoms with van der Waals surface area (Å²) in [5.41, 5.74) is 4.04. The highest BCUT2D eigenvalue weighted by Gasteiger charge is 2.33. The molecule has 0 saturated carbocycles. The van der Waals surface area contributed by atoms with Gasteiger partial charge in [-0.3, -0.25) is 0 Å². The van der Waals surface area contributed by atoms with Gasteiger partial charge in [-0.2, -0.15) is 0 Å². The summed E-state index contributed by atoms with van der Waals surface area (Å²) in [4.78, 5) is 20.0. The van der Waals surface area contributed by atoms with Gasteiger partial charge < -0.3 is 14.7 Å². The van der Waals surface area contributed by atoms with Crippen molar-refractivity contribution in [2.75, 3.05) is 24.6 Å². The molecule has 2 aromatic carbocycles. The van der Waals surface area contributed by atoms with E-state index < -0.39 is 5.97 Å². The van der Waals surface area contributed by atoms with E-state index in [1.165, 1.54) is 11.8 Å². The molecule has 0 bridgehead atoms. The minimum Gasteiger partial charge on any atom is -0.506 e. The van der Waals surface area contributed by atoms with Gasteiger partial charge in [0.05, 0.1) is 17.2 Å². The highest BCUT2D eigenvalue weighted by atomic mass is 32.2. The van der Waals surface area contributed by atoms with E-state index in [-0.39, 0.29) is 17.9 Å². The van der Waals surface area contributed by atoms with Crippen LogP contribution in [0.25, 0.3) is 6.08 Å². The molecule has 0 aliphatic carbocycles. The molecule has 3 rings (SSSR count). The Labute approximate surface area is 188 Å². The monoisotopic (exact) mass is 436 g/mol. The molecule has 1 aliphatic rings. The molecule has 0 spiro atoms. The zero-order valence-corrected chi connectivity index (χ0v) is 19.2. The molecule has 0 atom stereocenters. The summed E-state index contributed by atoms with van der Waals surface area (Å²) in [5, 5.41) is 11.3. The zero-order chi connectivity index (χ0) is 22.4. The van der Waals surface area contributed by atoms with Crippen molar-refractivity contribution in [3.05, 3.63) is 75.9 Å². The van der Waals surface area contributed by atoms with Crippen LogP contribution in [0.4, 0.5) is 11.4 Å². The first-order chi connectivity index (χ1) is 15.0. The van der Waals surface area contributed by atoms with E-state index in [2.05, 4.69) is 35.9 Å². The maximum absolute atomic E-state index is 12.5. The number of anilines is 1. The number of carbonyl (C=O) groups is 1. The van der Waals surface area contributed by atoms with Gasteiger partial charge in [0.1, 0.15) is 16.4 Å².